The van der Waals surface area contributed by atoms with Crippen molar-refractivity contribution in [1.82, 2.24) is 10.2 Å². The van der Waals surface area contributed by atoms with Crippen LogP contribution < -0.4 is 5.32 Å². The lowest BCUT2D eigenvalue weighted by Crippen LogP contribution is -2.45. The second-order valence-corrected chi connectivity index (χ2v) is 6.14. The van der Waals surface area contributed by atoms with E-state index in [1.54, 1.807) is 0 Å². The van der Waals surface area contributed by atoms with Crippen LogP contribution in [0.15, 0.2) is 0 Å². The Morgan fingerprint density at radius 3 is 2.06 bits per heavy atom. The Bertz CT molecular complexity index is 279. The molecule has 3 nitrogen and oxygen atoms in total. The molecule has 96 valence electrons. The number of carbonyl (C=O) groups is 1. The number of carbonyl (C=O) groups excluding carboxylic acids is 1. The lowest BCUT2D eigenvalue weighted by atomic mass is 9.95. The predicted molar refractivity (Wildman–Crippen MR) is 67.6 cm³/mol. The number of hydrogen-bond acceptors (Lipinski definition) is 2. The zero-order valence-electron chi connectivity index (χ0n) is 10.8. The van der Waals surface area contributed by atoms with Crippen molar-refractivity contribution in [2.24, 2.45) is 17.8 Å². The van der Waals surface area contributed by atoms with Crippen molar-refractivity contribution in [2.45, 2.75) is 44.6 Å². The predicted octanol–water partition coefficient (Wildman–Crippen LogP) is 1.63. The smallest absolute Gasteiger partial charge is 0.225 e. The van der Waals surface area contributed by atoms with Crippen molar-refractivity contribution in [1.29, 1.82) is 0 Å². The van der Waals surface area contributed by atoms with Gasteiger partial charge in [0.05, 0.1) is 0 Å². The van der Waals surface area contributed by atoms with Gasteiger partial charge in [-0.3, -0.25) is 4.79 Å². The molecule has 0 unspecified atom stereocenters. The molecule has 3 aliphatic rings. The summed E-state index contributed by atoms with van der Waals surface area (Å²) in [7, 11) is 2.06. The van der Waals surface area contributed by atoms with Gasteiger partial charge in [-0.15, -0.1) is 0 Å². The van der Waals surface area contributed by atoms with Crippen molar-refractivity contribution in [3.63, 3.8) is 0 Å². The highest BCUT2D eigenvalue weighted by molar-refractivity contribution is 5.79. The first-order chi connectivity index (χ1) is 8.27. The van der Waals surface area contributed by atoms with Gasteiger partial charge in [-0.2, -0.15) is 0 Å². The number of hydrogen-bond donors (Lipinski definition) is 1. The van der Waals surface area contributed by atoms with Crippen LogP contribution >= 0.6 is 0 Å². The Morgan fingerprint density at radius 2 is 1.59 bits per heavy atom. The van der Waals surface area contributed by atoms with Gasteiger partial charge in [0.1, 0.15) is 0 Å². The van der Waals surface area contributed by atoms with Crippen LogP contribution in [0.1, 0.15) is 38.5 Å². The zero-order chi connectivity index (χ0) is 11.8. The maximum atomic E-state index is 12.5. The summed E-state index contributed by atoms with van der Waals surface area (Å²) in [5, 5.41) is 3.34. The third-order valence-electron chi connectivity index (χ3n) is 4.69. The Hall–Kier alpha value is -0.570. The SMILES string of the molecule is CN(C(=O)C1CCNCC1)C(C1CC1)C1CC1. The van der Waals surface area contributed by atoms with Crippen molar-refractivity contribution >= 4 is 5.91 Å². The molecule has 3 heteroatoms. The summed E-state index contributed by atoms with van der Waals surface area (Å²) in [6, 6.07) is 0.581. The van der Waals surface area contributed by atoms with Gasteiger partial charge in [-0.05, 0) is 63.5 Å². The molecule has 1 heterocycles. The quantitative estimate of drug-likeness (QED) is 0.804. The number of nitrogens with one attached hydrogen (secondary N) is 1. The average molecular weight is 236 g/mol. The molecule has 2 aliphatic carbocycles. The van der Waals surface area contributed by atoms with E-state index in [1.807, 2.05) is 0 Å². The largest absolute Gasteiger partial charge is 0.342 e. The van der Waals surface area contributed by atoms with E-state index < -0.39 is 0 Å². The van der Waals surface area contributed by atoms with E-state index in [2.05, 4.69) is 17.3 Å². The molecule has 0 atom stereocenters. The zero-order valence-corrected chi connectivity index (χ0v) is 10.8. The van der Waals surface area contributed by atoms with Crippen LogP contribution in [0.4, 0.5) is 0 Å². The molecule has 1 aliphatic heterocycles. The third-order valence-corrected chi connectivity index (χ3v) is 4.69. The molecule has 1 amide bonds. The summed E-state index contributed by atoms with van der Waals surface area (Å²) in [4.78, 5) is 14.6. The van der Waals surface area contributed by atoms with Crippen molar-refractivity contribution in [2.75, 3.05) is 20.1 Å². The number of amides is 1. The van der Waals surface area contributed by atoms with Crippen molar-refractivity contribution < 1.29 is 4.79 Å². The molecule has 0 aromatic carbocycles. The van der Waals surface area contributed by atoms with Gasteiger partial charge in [0, 0.05) is 19.0 Å². The maximum absolute atomic E-state index is 12.5. The minimum atomic E-state index is 0.293. The summed E-state index contributed by atoms with van der Waals surface area (Å²) in [5.74, 6) is 2.38. The van der Waals surface area contributed by atoms with Gasteiger partial charge in [-0.25, -0.2) is 0 Å². The van der Waals surface area contributed by atoms with Gasteiger partial charge in [0.25, 0.3) is 0 Å². The summed E-state index contributed by atoms with van der Waals surface area (Å²) in [6.45, 7) is 2.03. The highest BCUT2D eigenvalue weighted by atomic mass is 16.2. The standard InChI is InChI=1S/C14H24N2O/c1-16(13(10-2-3-10)11-4-5-11)14(17)12-6-8-15-9-7-12/h10-13,15H,2-9H2,1H3. The number of nitrogens with zero attached hydrogens (tertiary/aromatic N) is 1. The molecule has 0 aromatic rings. The van der Waals surface area contributed by atoms with Crippen LogP contribution in [-0.2, 0) is 4.79 Å². The fourth-order valence-electron chi connectivity index (χ4n) is 3.40. The molecular formula is C14H24N2O. The van der Waals surface area contributed by atoms with E-state index in [9.17, 15) is 4.79 Å². The van der Waals surface area contributed by atoms with Gasteiger partial charge >= 0.3 is 0 Å². The Kier molecular flexibility index (Phi) is 3.12. The lowest BCUT2D eigenvalue weighted by Gasteiger charge is -2.33. The first kappa shape index (κ1) is 11.5. The minimum absolute atomic E-state index is 0.293. The fraction of sp³-hybridized carbons (Fsp3) is 0.929. The molecule has 1 saturated heterocycles. The molecule has 3 fully saturated rings. The second-order valence-electron chi connectivity index (χ2n) is 6.14. The summed E-state index contributed by atoms with van der Waals surface area (Å²) < 4.78 is 0. The minimum Gasteiger partial charge on any atom is -0.342 e. The number of piperidine rings is 1. The second kappa shape index (κ2) is 4.60. The summed E-state index contributed by atoms with van der Waals surface area (Å²) >= 11 is 0. The van der Waals surface area contributed by atoms with E-state index in [0.29, 0.717) is 17.9 Å². The average Bonchev–Trinajstić information content (AvgIpc) is 3.23. The molecule has 2 saturated carbocycles. The molecule has 1 N–H and O–H groups in total. The van der Waals surface area contributed by atoms with Crippen LogP contribution in [-0.4, -0.2) is 37.0 Å². The number of rotatable bonds is 4. The monoisotopic (exact) mass is 236 g/mol. The Labute approximate surface area is 104 Å². The van der Waals surface area contributed by atoms with E-state index in [1.165, 1.54) is 25.7 Å². The molecule has 0 aromatic heterocycles. The van der Waals surface area contributed by atoms with Gasteiger partial charge in [0.2, 0.25) is 5.91 Å². The van der Waals surface area contributed by atoms with Crippen LogP contribution in [0.5, 0.6) is 0 Å². The lowest BCUT2D eigenvalue weighted by molar-refractivity contribution is -0.138. The molecule has 0 bridgehead atoms. The van der Waals surface area contributed by atoms with Crippen molar-refractivity contribution in [3.8, 4) is 0 Å². The van der Waals surface area contributed by atoms with Crippen LogP contribution in [0.25, 0.3) is 0 Å². The molecular weight excluding hydrogens is 212 g/mol. The highest BCUT2D eigenvalue weighted by Gasteiger charge is 2.45. The first-order valence-corrected chi connectivity index (χ1v) is 7.25. The molecule has 17 heavy (non-hydrogen) atoms. The van der Waals surface area contributed by atoms with Crippen LogP contribution in [0.3, 0.4) is 0 Å². The van der Waals surface area contributed by atoms with Crippen LogP contribution in [0, 0.1) is 17.8 Å². The fourth-order valence-corrected chi connectivity index (χ4v) is 3.40. The highest BCUT2D eigenvalue weighted by Crippen LogP contribution is 2.47. The summed E-state index contributed by atoms with van der Waals surface area (Å²) in [5.41, 5.74) is 0. The van der Waals surface area contributed by atoms with E-state index in [-0.39, 0.29) is 0 Å². The Balaban J connectivity index is 1.62. The van der Waals surface area contributed by atoms with E-state index in [4.69, 9.17) is 0 Å². The maximum Gasteiger partial charge on any atom is 0.225 e. The van der Waals surface area contributed by atoms with E-state index in [0.717, 1.165) is 37.8 Å². The molecule has 0 radical (unpaired) electrons. The van der Waals surface area contributed by atoms with E-state index >= 15 is 0 Å². The van der Waals surface area contributed by atoms with Crippen molar-refractivity contribution in [3.05, 3.63) is 0 Å². The van der Waals surface area contributed by atoms with Crippen LogP contribution in [0.2, 0.25) is 0 Å². The molecule has 0 spiro atoms. The third kappa shape index (κ3) is 2.49. The first-order valence-electron chi connectivity index (χ1n) is 7.25. The normalized spacial score (nSPS) is 26.2. The van der Waals surface area contributed by atoms with Gasteiger partial charge < -0.3 is 10.2 Å². The Morgan fingerprint density at radius 1 is 1.06 bits per heavy atom. The van der Waals surface area contributed by atoms with Gasteiger partial charge in [-0.1, -0.05) is 0 Å². The topological polar surface area (TPSA) is 32.3 Å². The summed E-state index contributed by atoms with van der Waals surface area (Å²) in [6.07, 6.45) is 7.47. The molecule has 3 rings (SSSR count). The van der Waals surface area contributed by atoms with Gasteiger partial charge in [0.15, 0.2) is 0 Å².